The highest BCUT2D eigenvalue weighted by Gasteiger charge is 2.05. The summed E-state index contributed by atoms with van der Waals surface area (Å²) in [4.78, 5) is 0. The van der Waals surface area contributed by atoms with Gasteiger partial charge in [0.25, 0.3) is 0 Å². The average molecular weight is 358 g/mol. The molecule has 0 aliphatic carbocycles. The number of halogens is 1. The Morgan fingerprint density at radius 2 is 2.25 bits per heavy atom. The third-order valence-corrected chi connectivity index (χ3v) is 3.43. The Hall–Kier alpha value is -1.14. The van der Waals surface area contributed by atoms with Crippen LogP contribution in [0.5, 0.6) is 5.75 Å². The lowest BCUT2D eigenvalue weighted by Crippen LogP contribution is -2.31. The van der Waals surface area contributed by atoms with Crippen LogP contribution in [0, 0.1) is 0 Å². The van der Waals surface area contributed by atoms with E-state index >= 15 is 0 Å². The van der Waals surface area contributed by atoms with E-state index in [0.29, 0.717) is 5.11 Å². The van der Waals surface area contributed by atoms with Crippen molar-refractivity contribution in [2.45, 2.75) is 33.3 Å². The van der Waals surface area contributed by atoms with Gasteiger partial charge in [0.15, 0.2) is 5.11 Å². The van der Waals surface area contributed by atoms with Gasteiger partial charge < -0.3 is 10.1 Å². The molecule has 1 atom stereocenters. The van der Waals surface area contributed by atoms with E-state index in [1.807, 2.05) is 32.0 Å². The van der Waals surface area contributed by atoms with Crippen molar-refractivity contribution in [2.24, 2.45) is 5.10 Å². The number of rotatable bonds is 6. The van der Waals surface area contributed by atoms with E-state index in [1.54, 1.807) is 6.21 Å². The van der Waals surface area contributed by atoms with Gasteiger partial charge in [0.1, 0.15) is 5.75 Å². The normalized spacial score (nSPS) is 12.2. The third kappa shape index (κ3) is 5.88. The first kappa shape index (κ1) is 16.9. The summed E-state index contributed by atoms with van der Waals surface area (Å²) < 4.78 is 6.70. The SMILES string of the molecule is CCNC(=S)N/N=C\c1ccc(O[C@@H](C)CC)c(Br)c1. The van der Waals surface area contributed by atoms with Crippen molar-refractivity contribution in [2.75, 3.05) is 6.54 Å². The Morgan fingerprint density at radius 1 is 1.50 bits per heavy atom. The monoisotopic (exact) mass is 357 g/mol. The third-order valence-electron chi connectivity index (χ3n) is 2.58. The van der Waals surface area contributed by atoms with Crippen molar-refractivity contribution < 1.29 is 4.74 Å². The molecule has 0 aliphatic heterocycles. The number of hydrazone groups is 1. The van der Waals surface area contributed by atoms with Gasteiger partial charge in [-0.15, -0.1) is 0 Å². The number of hydrogen-bond acceptors (Lipinski definition) is 3. The second-order valence-corrected chi connectivity index (χ2v) is 5.52. The molecular formula is C14H20BrN3OS. The minimum atomic E-state index is 0.199. The first-order valence-corrected chi connectivity index (χ1v) is 7.80. The largest absolute Gasteiger partial charge is 0.490 e. The topological polar surface area (TPSA) is 45.7 Å². The van der Waals surface area contributed by atoms with Crippen molar-refractivity contribution >= 4 is 39.5 Å². The Labute approximate surface area is 134 Å². The van der Waals surface area contributed by atoms with Gasteiger partial charge in [0, 0.05) is 6.54 Å². The Kier molecular flexibility index (Phi) is 7.54. The fourth-order valence-electron chi connectivity index (χ4n) is 1.36. The van der Waals surface area contributed by atoms with E-state index in [0.717, 1.165) is 28.8 Å². The van der Waals surface area contributed by atoms with Gasteiger partial charge in [-0.05, 0) is 72.2 Å². The summed E-state index contributed by atoms with van der Waals surface area (Å²) >= 11 is 8.52. The van der Waals surface area contributed by atoms with Crippen LogP contribution in [0.15, 0.2) is 27.8 Å². The number of hydrogen-bond donors (Lipinski definition) is 2. The molecule has 4 nitrogen and oxygen atoms in total. The molecule has 2 N–H and O–H groups in total. The summed E-state index contributed by atoms with van der Waals surface area (Å²) in [6, 6.07) is 5.84. The Balaban J connectivity index is 2.63. The molecule has 1 rings (SSSR count). The Morgan fingerprint density at radius 3 is 2.85 bits per heavy atom. The molecule has 0 radical (unpaired) electrons. The lowest BCUT2D eigenvalue weighted by Gasteiger charge is -2.14. The lowest BCUT2D eigenvalue weighted by molar-refractivity contribution is 0.216. The number of thiocarbonyl (C=S) groups is 1. The van der Waals surface area contributed by atoms with Crippen molar-refractivity contribution in [1.82, 2.24) is 10.7 Å². The van der Waals surface area contributed by atoms with Crippen LogP contribution < -0.4 is 15.5 Å². The smallest absolute Gasteiger partial charge is 0.186 e. The zero-order chi connectivity index (χ0) is 15.0. The summed E-state index contributed by atoms with van der Waals surface area (Å²) in [5.41, 5.74) is 3.71. The number of nitrogens with zero attached hydrogens (tertiary/aromatic N) is 1. The first-order valence-electron chi connectivity index (χ1n) is 6.59. The molecule has 0 bridgehead atoms. The molecule has 0 aliphatic rings. The summed E-state index contributed by atoms with van der Waals surface area (Å²) in [5, 5.41) is 7.54. The predicted octanol–water partition coefficient (Wildman–Crippen LogP) is 3.44. The first-order chi connectivity index (χ1) is 9.56. The molecular weight excluding hydrogens is 338 g/mol. The number of ether oxygens (including phenoxy) is 1. The molecule has 0 amide bonds. The molecule has 110 valence electrons. The lowest BCUT2D eigenvalue weighted by atomic mass is 10.2. The fraction of sp³-hybridized carbons (Fsp3) is 0.429. The zero-order valence-corrected chi connectivity index (χ0v) is 14.3. The van der Waals surface area contributed by atoms with Crippen LogP contribution >= 0.6 is 28.1 Å². The zero-order valence-electron chi connectivity index (χ0n) is 11.9. The highest BCUT2D eigenvalue weighted by Crippen LogP contribution is 2.26. The molecule has 0 saturated heterocycles. The maximum absolute atomic E-state index is 5.79. The van der Waals surface area contributed by atoms with E-state index in [4.69, 9.17) is 17.0 Å². The van der Waals surface area contributed by atoms with E-state index < -0.39 is 0 Å². The van der Waals surface area contributed by atoms with E-state index in [1.165, 1.54) is 0 Å². The van der Waals surface area contributed by atoms with Crippen molar-refractivity contribution in [3.8, 4) is 5.75 Å². The van der Waals surface area contributed by atoms with Crippen LogP contribution in [-0.2, 0) is 0 Å². The number of benzene rings is 1. The standard InChI is InChI=1S/C14H20BrN3OS/c1-4-10(3)19-13-7-6-11(8-12(13)15)9-17-18-14(20)16-5-2/h6-10H,4-5H2,1-3H3,(H2,16,18,20)/b17-9-/t10-/m0/s1. The van der Waals surface area contributed by atoms with Crippen molar-refractivity contribution in [3.63, 3.8) is 0 Å². The highest BCUT2D eigenvalue weighted by molar-refractivity contribution is 9.10. The molecule has 1 aromatic carbocycles. The van der Waals surface area contributed by atoms with Gasteiger partial charge in [0.05, 0.1) is 16.8 Å². The van der Waals surface area contributed by atoms with Gasteiger partial charge in [-0.1, -0.05) is 6.92 Å². The number of nitrogens with one attached hydrogen (secondary N) is 2. The summed E-state index contributed by atoms with van der Waals surface area (Å²) in [7, 11) is 0. The van der Waals surface area contributed by atoms with Gasteiger partial charge >= 0.3 is 0 Å². The van der Waals surface area contributed by atoms with Crippen LogP contribution in [0.25, 0.3) is 0 Å². The van der Waals surface area contributed by atoms with Crippen LogP contribution in [0.2, 0.25) is 0 Å². The summed E-state index contributed by atoms with van der Waals surface area (Å²) in [5.74, 6) is 0.840. The van der Waals surface area contributed by atoms with Crippen molar-refractivity contribution in [1.29, 1.82) is 0 Å². The summed E-state index contributed by atoms with van der Waals surface area (Å²) in [6.07, 6.45) is 2.88. The van der Waals surface area contributed by atoms with Crippen LogP contribution in [-0.4, -0.2) is 24.0 Å². The minimum absolute atomic E-state index is 0.199. The molecule has 0 heterocycles. The van der Waals surface area contributed by atoms with E-state index in [-0.39, 0.29) is 6.10 Å². The molecule has 6 heteroatoms. The van der Waals surface area contributed by atoms with Gasteiger partial charge in [-0.3, -0.25) is 5.43 Å². The van der Waals surface area contributed by atoms with Crippen molar-refractivity contribution in [3.05, 3.63) is 28.2 Å². The van der Waals surface area contributed by atoms with Crippen LogP contribution in [0.1, 0.15) is 32.8 Å². The maximum Gasteiger partial charge on any atom is 0.186 e. The van der Waals surface area contributed by atoms with Gasteiger partial charge in [0.2, 0.25) is 0 Å². The molecule has 0 unspecified atom stereocenters. The molecule has 20 heavy (non-hydrogen) atoms. The van der Waals surface area contributed by atoms with Crippen LogP contribution in [0.3, 0.4) is 0 Å². The second-order valence-electron chi connectivity index (χ2n) is 4.26. The average Bonchev–Trinajstić information content (AvgIpc) is 2.42. The molecule has 0 fully saturated rings. The Bertz CT molecular complexity index is 479. The molecule has 0 aromatic heterocycles. The van der Waals surface area contributed by atoms with E-state index in [2.05, 4.69) is 38.7 Å². The molecule has 1 aromatic rings. The quantitative estimate of drug-likeness (QED) is 0.465. The van der Waals surface area contributed by atoms with E-state index in [9.17, 15) is 0 Å². The van der Waals surface area contributed by atoms with Gasteiger partial charge in [-0.2, -0.15) is 5.10 Å². The highest BCUT2D eigenvalue weighted by atomic mass is 79.9. The fourth-order valence-corrected chi connectivity index (χ4v) is 2.05. The molecule has 0 saturated carbocycles. The summed E-state index contributed by atoms with van der Waals surface area (Å²) in [6.45, 7) is 6.89. The second kappa shape index (κ2) is 8.92. The minimum Gasteiger partial charge on any atom is -0.490 e. The molecule has 0 spiro atoms. The maximum atomic E-state index is 5.79. The predicted molar refractivity (Wildman–Crippen MR) is 91.5 cm³/mol. The van der Waals surface area contributed by atoms with Crippen LogP contribution in [0.4, 0.5) is 0 Å². The van der Waals surface area contributed by atoms with Gasteiger partial charge in [-0.25, -0.2) is 0 Å².